The van der Waals surface area contributed by atoms with Gasteiger partial charge in [-0.2, -0.15) is 0 Å². The molecule has 1 saturated heterocycles. The van der Waals surface area contributed by atoms with Crippen LogP contribution in [0.25, 0.3) is 11.2 Å². The number of aryl methyl sites for hydroxylation is 1. The Balaban J connectivity index is 1.53. The van der Waals surface area contributed by atoms with Gasteiger partial charge in [-0.15, -0.1) is 5.10 Å². The van der Waals surface area contributed by atoms with Gasteiger partial charge in [-0.05, 0) is 38.4 Å². The Morgan fingerprint density at radius 2 is 1.88 bits per heavy atom. The van der Waals surface area contributed by atoms with Crippen LogP contribution in [-0.4, -0.2) is 56.0 Å². The van der Waals surface area contributed by atoms with Crippen LogP contribution >= 0.6 is 0 Å². The van der Waals surface area contributed by atoms with Crippen molar-refractivity contribution in [3.63, 3.8) is 0 Å². The highest BCUT2D eigenvalue weighted by molar-refractivity contribution is 5.82. The number of hydrogen-bond acceptors (Lipinski definition) is 6. The molecule has 0 bridgehead atoms. The summed E-state index contributed by atoms with van der Waals surface area (Å²) in [5.41, 5.74) is 2.69. The molecule has 7 heteroatoms. The molecule has 0 radical (unpaired) electrons. The van der Waals surface area contributed by atoms with Crippen LogP contribution in [0, 0.1) is 6.92 Å². The van der Waals surface area contributed by atoms with Gasteiger partial charge in [0.05, 0.1) is 6.54 Å². The minimum atomic E-state index is 0.654. The van der Waals surface area contributed by atoms with E-state index in [9.17, 15) is 0 Å². The topological polar surface area (TPSA) is 71.8 Å². The Bertz CT molecular complexity index is 837. The van der Waals surface area contributed by atoms with E-state index in [-0.39, 0.29) is 0 Å². The van der Waals surface area contributed by atoms with Gasteiger partial charge < -0.3 is 10.2 Å². The third-order valence-electron chi connectivity index (χ3n) is 4.57. The maximum absolute atomic E-state index is 4.55. The van der Waals surface area contributed by atoms with Crippen LogP contribution in [-0.2, 0) is 6.54 Å². The van der Waals surface area contributed by atoms with Gasteiger partial charge in [-0.1, -0.05) is 35.5 Å². The second-order valence-corrected chi connectivity index (χ2v) is 6.50. The van der Waals surface area contributed by atoms with E-state index >= 15 is 0 Å². The van der Waals surface area contributed by atoms with Crippen LogP contribution in [0.2, 0.25) is 0 Å². The summed E-state index contributed by atoms with van der Waals surface area (Å²) in [7, 11) is 0. The number of benzene rings is 1. The number of nitrogens with zero attached hydrogens (tertiary/aromatic N) is 6. The molecule has 0 aliphatic carbocycles. The van der Waals surface area contributed by atoms with E-state index in [1.165, 1.54) is 31.5 Å². The van der Waals surface area contributed by atoms with Gasteiger partial charge in [-0.25, -0.2) is 14.6 Å². The molecule has 1 fully saturated rings. The van der Waals surface area contributed by atoms with Gasteiger partial charge in [0.25, 0.3) is 0 Å². The van der Waals surface area contributed by atoms with Crippen LogP contribution in [0.5, 0.6) is 0 Å². The quantitative estimate of drug-likeness (QED) is 0.742. The monoisotopic (exact) mass is 337 g/mol. The molecule has 0 unspecified atom stereocenters. The van der Waals surface area contributed by atoms with Gasteiger partial charge in [0, 0.05) is 13.1 Å². The van der Waals surface area contributed by atoms with Gasteiger partial charge in [-0.3, -0.25) is 0 Å². The lowest BCUT2D eigenvalue weighted by molar-refractivity contribution is 0.352. The van der Waals surface area contributed by atoms with E-state index in [0.29, 0.717) is 6.54 Å². The lowest BCUT2D eigenvalue weighted by atomic mass is 10.2. The molecule has 1 aliphatic heterocycles. The molecule has 3 aromatic rings. The summed E-state index contributed by atoms with van der Waals surface area (Å²) in [6.07, 6.45) is 2.62. The van der Waals surface area contributed by atoms with E-state index in [2.05, 4.69) is 42.6 Å². The SMILES string of the molecule is Cc1nc(NCCN2CCCC2)c2nnn(Cc3ccccc3)c2n1. The number of hydrogen-bond donors (Lipinski definition) is 1. The molecule has 0 amide bonds. The first-order chi connectivity index (χ1) is 12.3. The van der Waals surface area contributed by atoms with Gasteiger partial charge in [0.15, 0.2) is 17.0 Å². The number of anilines is 1. The lowest BCUT2D eigenvalue weighted by Crippen LogP contribution is -2.26. The second-order valence-electron chi connectivity index (χ2n) is 6.50. The Morgan fingerprint density at radius 3 is 2.68 bits per heavy atom. The predicted molar refractivity (Wildman–Crippen MR) is 97.6 cm³/mol. The molecular weight excluding hydrogens is 314 g/mol. The summed E-state index contributed by atoms with van der Waals surface area (Å²) in [5, 5.41) is 12.0. The van der Waals surface area contributed by atoms with Crippen molar-refractivity contribution in [3.8, 4) is 0 Å². The molecule has 1 aromatic carbocycles. The molecule has 0 saturated carbocycles. The summed E-state index contributed by atoms with van der Waals surface area (Å²) >= 11 is 0. The summed E-state index contributed by atoms with van der Waals surface area (Å²) in [4.78, 5) is 11.6. The Morgan fingerprint density at radius 1 is 1.08 bits per heavy atom. The first-order valence-corrected chi connectivity index (χ1v) is 8.87. The number of nitrogens with one attached hydrogen (secondary N) is 1. The third-order valence-corrected chi connectivity index (χ3v) is 4.57. The Kier molecular flexibility index (Phi) is 4.56. The van der Waals surface area contributed by atoms with Gasteiger partial charge >= 0.3 is 0 Å². The molecule has 4 rings (SSSR count). The van der Waals surface area contributed by atoms with Crippen LogP contribution < -0.4 is 5.32 Å². The molecule has 25 heavy (non-hydrogen) atoms. The van der Waals surface area contributed by atoms with Crippen molar-refractivity contribution < 1.29 is 0 Å². The standard InChI is InChI=1S/C18H23N7/c1-14-20-17(19-9-12-24-10-5-6-11-24)16-18(21-14)25(23-22-16)13-15-7-3-2-4-8-15/h2-4,7-8H,5-6,9-13H2,1H3,(H,19,20,21). The lowest BCUT2D eigenvalue weighted by Gasteiger charge is -2.15. The minimum absolute atomic E-state index is 0.654. The van der Waals surface area contributed by atoms with Crippen molar-refractivity contribution in [1.29, 1.82) is 0 Å². The van der Waals surface area contributed by atoms with Crippen LogP contribution in [0.1, 0.15) is 24.2 Å². The zero-order valence-electron chi connectivity index (χ0n) is 14.5. The van der Waals surface area contributed by atoms with Crippen molar-refractivity contribution in [2.75, 3.05) is 31.5 Å². The molecule has 0 atom stereocenters. The Labute approximate surface area is 147 Å². The van der Waals surface area contributed by atoms with Crippen LogP contribution in [0.3, 0.4) is 0 Å². The van der Waals surface area contributed by atoms with E-state index in [1.54, 1.807) is 0 Å². The molecule has 1 aliphatic rings. The van der Waals surface area contributed by atoms with Crippen LogP contribution in [0.15, 0.2) is 30.3 Å². The average molecular weight is 337 g/mol. The molecule has 0 spiro atoms. The molecule has 7 nitrogen and oxygen atoms in total. The average Bonchev–Trinajstić information content (AvgIpc) is 3.26. The van der Waals surface area contributed by atoms with E-state index in [0.717, 1.165) is 35.9 Å². The number of fused-ring (bicyclic) bond motifs is 1. The molecule has 1 N–H and O–H groups in total. The van der Waals surface area contributed by atoms with Crippen molar-refractivity contribution in [2.45, 2.75) is 26.3 Å². The van der Waals surface area contributed by atoms with Crippen molar-refractivity contribution in [3.05, 3.63) is 41.7 Å². The Hall–Kier alpha value is -2.54. The van der Waals surface area contributed by atoms with Crippen molar-refractivity contribution in [2.24, 2.45) is 0 Å². The number of aromatic nitrogens is 5. The fourth-order valence-electron chi connectivity index (χ4n) is 3.29. The van der Waals surface area contributed by atoms with Crippen molar-refractivity contribution >= 4 is 17.0 Å². The third kappa shape index (κ3) is 3.61. The maximum Gasteiger partial charge on any atom is 0.184 e. The predicted octanol–water partition coefficient (Wildman–Crippen LogP) is 2.09. The zero-order chi connectivity index (χ0) is 17.1. The summed E-state index contributed by atoms with van der Waals surface area (Å²) < 4.78 is 1.84. The highest BCUT2D eigenvalue weighted by Crippen LogP contribution is 2.18. The fraction of sp³-hybridized carbons (Fsp3) is 0.444. The number of rotatable bonds is 6. The van der Waals surface area contributed by atoms with Crippen LogP contribution in [0.4, 0.5) is 5.82 Å². The normalized spacial score (nSPS) is 15.1. The van der Waals surface area contributed by atoms with Gasteiger partial charge in [0.2, 0.25) is 0 Å². The summed E-state index contributed by atoms with van der Waals surface area (Å²) in [6.45, 7) is 6.85. The minimum Gasteiger partial charge on any atom is -0.367 e. The fourth-order valence-corrected chi connectivity index (χ4v) is 3.29. The highest BCUT2D eigenvalue weighted by atomic mass is 15.4. The van der Waals surface area contributed by atoms with E-state index in [1.807, 2.05) is 29.8 Å². The molecular formula is C18H23N7. The highest BCUT2D eigenvalue weighted by Gasteiger charge is 2.15. The largest absolute Gasteiger partial charge is 0.367 e. The molecule has 2 aromatic heterocycles. The van der Waals surface area contributed by atoms with E-state index in [4.69, 9.17) is 0 Å². The summed E-state index contributed by atoms with van der Waals surface area (Å²) in [6, 6.07) is 10.2. The maximum atomic E-state index is 4.55. The zero-order valence-corrected chi connectivity index (χ0v) is 14.5. The molecule has 3 heterocycles. The first kappa shape index (κ1) is 16.0. The molecule has 130 valence electrons. The summed E-state index contributed by atoms with van der Waals surface area (Å²) in [5.74, 6) is 1.51. The second kappa shape index (κ2) is 7.14. The first-order valence-electron chi connectivity index (χ1n) is 8.87. The van der Waals surface area contributed by atoms with Crippen molar-refractivity contribution in [1.82, 2.24) is 29.9 Å². The van der Waals surface area contributed by atoms with Gasteiger partial charge in [0.1, 0.15) is 5.82 Å². The number of likely N-dealkylation sites (tertiary alicyclic amines) is 1. The van der Waals surface area contributed by atoms with E-state index < -0.39 is 0 Å². The smallest absolute Gasteiger partial charge is 0.184 e.